The molecular formula is C16H17F2NO3S. The summed E-state index contributed by atoms with van der Waals surface area (Å²) in [6, 6.07) is 9.78. The molecule has 0 heterocycles. The van der Waals surface area contributed by atoms with Crippen molar-refractivity contribution in [3.63, 3.8) is 0 Å². The maximum absolute atomic E-state index is 13.7. The molecule has 0 aliphatic heterocycles. The first-order chi connectivity index (χ1) is 10.9. The van der Waals surface area contributed by atoms with Gasteiger partial charge >= 0.3 is 0 Å². The lowest BCUT2D eigenvalue weighted by Crippen LogP contribution is -2.28. The van der Waals surface area contributed by atoms with Crippen LogP contribution in [0.3, 0.4) is 0 Å². The largest absolute Gasteiger partial charge is 0.494 e. The van der Waals surface area contributed by atoms with Crippen LogP contribution in [0.2, 0.25) is 0 Å². The Morgan fingerprint density at radius 2 is 1.61 bits per heavy atom. The second-order valence-electron chi connectivity index (χ2n) is 4.89. The minimum Gasteiger partial charge on any atom is -0.494 e. The molecule has 0 unspecified atom stereocenters. The number of ether oxygens (including phenoxy) is 1. The van der Waals surface area contributed by atoms with Crippen LogP contribution in [-0.4, -0.2) is 26.4 Å². The van der Waals surface area contributed by atoms with Gasteiger partial charge in [0.25, 0.3) is 0 Å². The monoisotopic (exact) mass is 341 g/mol. The van der Waals surface area contributed by atoms with Crippen molar-refractivity contribution in [2.45, 2.75) is 18.4 Å². The standard InChI is InChI=1S/C16H17F2NO3S/c1-3-22-13-9-7-12(8-10-13)11-19(2)23(20,21)16-14(17)5-4-6-15(16)18/h4-10H,3,11H2,1-2H3. The van der Waals surface area contributed by atoms with Crippen LogP contribution >= 0.6 is 0 Å². The van der Waals surface area contributed by atoms with Gasteiger partial charge in [-0.05, 0) is 36.8 Å². The predicted octanol–water partition coefficient (Wildman–Crippen LogP) is 3.18. The summed E-state index contributed by atoms with van der Waals surface area (Å²) >= 11 is 0. The third-order valence-electron chi connectivity index (χ3n) is 3.23. The Balaban J connectivity index is 2.23. The van der Waals surface area contributed by atoms with E-state index in [9.17, 15) is 17.2 Å². The quantitative estimate of drug-likeness (QED) is 0.811. The predicted molar refractivity (Wildman–Crippen MR) is 82.6 cm³/mol. The Bertz CT molecular complexity index is 756. The van der Waals surface area contributed by atoms with Gasteiger partial charge < -0.3 is 4.74 Å². The molecule has 2 aromatic carbocycles. The van der Waals surface area contributed by atoms with E-state index < -0.39 is 26.6 Å². The Hall–Kier alpha value is -1.99. The SMILES string of the molecule is CCOc1ccc(CN(C)S(=O)(=O)c2c(F)cccc2F)cc1. The van der Waals surface area contributed by atoms with Gasteiger partial charge in [0.05, 0.1) is 6.61 Å². The molecule has 0 radical (unpaired) electrons. The summed E-state index contributed by atoms with van der Waals surface area (Å²) in [7, 11) is -2.99. The number of sulfonamides is 1. The average molecular weight is 341 g/mol. The van der Waals surface area contributed by atoms with E-state index in [-0.39, 0.29) is 6.54 Å². The minimum atomic E-state index is -4.27. The molecule has 2 rings (SSSR count). The van der Waals surface area contributed by atoms with Crippen LogP contribution in [0.4, 0.5) is 8.78 Å². The third-order valence-corrected chi connectivity index (χ3v) is 5.08. The van der Waals surface area contributed by atoms with Crippen molar-refractivity contribution in [2.75, 3.05) is 13.7 Å². The molecular weight excluding hydrogens is 324 g/mol. The van der Waals surface area contributed by atoms with Crippen LogP contribution in [-0.2, 0) is 16.6 Å². The molecule has 0 fully saturated rings. The number of nitrogens with zero attached hydrogens (tertiary/aromatic N) is 1. The van der Waals surface area contributed by atoms with Crippen LogP contribution in [0.1, 0.15) is 12.5 Å². The number of benzene rings is 2. The number of hydrogen-bond acceptors (Lipinski definition) is 3. The first-order valence-corrected chi connectivity index (χ1v) is 8.42. The second-order valence-corrected chi connectivity index (χ2v) is 6.87. The van der Waals surface area contributed by atoms with Gasteiger partial charge in [-0.25, -0.2) is 17.2 Å². The molecule has 0 spiro atoms. The molecule has 0 aliphatic rings. The fourth-order valence-electron chi connectivity index (χ4n) is 2.08. The van der Waals surface area contributed by atoms with Crippen LogP contribution in [0.15, 0.2) is 47.4 Å². The molecule has 23 heavy (non-hydrogen) atoms. The molecule has 2 aromatic rings. The van der Waals surface area contributed by atoms with Gasteiger partial charge in [0, 0.05) is 13.6 Å². The van der Waals surface area contributed by atoms with Crippen LogP contribution in [0.25, 0.3) is 0 Å². The van der Waals surface area contributed by atoms with Crippen molar-refractivity contribution in [3.05, 3.63) is 59.7 Å². The van der Waals surface area contributed by atoms with E-state index in [4.69, 9.17) is 4.74 Å². The highest BCUT2D eigenvalue weighted by molar-refractivity contribution is 7.89. The Morgan fingerprint density at radius 3 is 2.13 bits per heavy atom. The molecule has 0 amide bonds. The van der Waals surface area contributed by atoms with Gasteiger partial charge in [0.1, 0.15) is 17.4 Å². The van der Waals surface area contributed by atoms with Crippen molar-refractivity contribution in [1.82, 2.24) is 4.31 Å². The molecule has 7 heteroatoms. The van der Waals surface area contributed by atoms with Crippen molar-refractivity contribution >= 4 is 10.0 Å². The summed E-state index contributed by atoms with van der Waals surface area (Å²) in [5, 5.41) is 0. The summed E-state index contributed by atoms with van der Waals surface area (Å²) in [5.41, 5.74) is 0.677. The Labute approximate surface area is 134 Å². The zero-order chi connectivity index (χ0) is 17.0. The zero-order valence-electron chi connectivity index (χ0n) is 12.8. The zero-order valence-corrected chi connectivity index (χ0v) is 13.6. The Kier molecular flexibility index (Phi) is 5.33. The molecule has 124 valence electrons. The lowest BCUT2D eigenvalue weighted by atomic mass is 10.2. The lowest BCUT2D eigenvalue weighted by molar-refractivity contribution is 0.340. The van der Waals surface area contributed by atoms with Crippen LogP contribution < -0.4 is 4.74 Å². The molecule has 0 atom stereocenters. The fourth-order valence-corrected chi connectivity index (χ4v) is 3.34. The van der Waals surface area contributed by atoms with E-state index in [0.717, 1.165) is 22.5 Å². The van der Waals surface area contributed by atoms with Gasteiger partial charge in [-0.2, -0.15) is 4.31 Å². The van der Waals surface area contributed by atoms with E-state index in [0.29, 0.717) is 17.9 Å². The van der Waals surface area contributed by atoms with E-state index in [1.54, 1.807) is 24.3 Å². The highest BCUT2D eigenvalue weighted by Crippen LogP contribution is 2.23. The molecule has 4 nitrogen and oxygen atoms in total. The summed E-state index contributed by atoms with van der Waals surface area (Å²) < 4.78 is 58.4. The molecule has 0 saturated carbocycles. The van der Waals surface area contributed by atoms with Crippen LogP contribution in [0, 0.1) is 11.6 Å². The summed E-state index contributed by atoms with van der Waals surface area (Å²) in [6.07, 6.45) is 0. The first kappa shape index (κ1) is 17.4. The minimum absolute atomic E-state index is 0.0114. The van der Waals surface area contributed by atoms with E-state index in [2.05, 4.69) is 0 Å². The molecule has 0 bridgehead atoms. The first-order valence-electron chi connectivity index (χ1n) is 6.98. The second kappa shape index (κ2) is 7.06. The average Bonchev–Trinajstić information content (AvgIpc) is 2.49. The van der Waals surface area contributed by atoms with Crippen molar-refractivity contribution in [3.8, 4) is 5.75 Å². The summed E-state index contributed by atoms with van der Waals surface area (Å²) in [4.78, 5) is -0.937. The molecule has 0 saturated heterocycles. The van der Waals surface area contributed by atoms with Crippen molar-refractivity contribution < 1.29 is 21.9 Å². The van der Waals surface area contributed by atoms with E-state index in [1.165, 1.54) is 7.05 Å². The highest BCUT2D eigenvalue weighted by Gasteiger charge is 2.28. The van der Waals surface area contributed by atoms with Crippen molar-refractivity contribution in [1.29, 1.82) is 0 Å². The number of rotatable bonds is 6. The van der Waals surface area contributed by atoms with Crippen molar-refractivity contribution in [2.24, 2.45) is 0 Å². The van der Waals surface area contributed by atoms with Gasteiger partial charge in [0.15, 0.2) is 4.90 Å². The topological polar surface area (TPSA) is 46.6 Å². The summed E-state index contributed by atoms with van der Waals surface area (Å²) in [6.45, 7) is 2.37. The van der Waals surface area contributed by atoms with Gasteiger partial charge in [-0.1, -0.05) is 18.2 Å². The highest BCUT2D eigenvalue weighted by atomic mass is 32.2. The van der Waals surface area contributed by atoms with Crippen LogP contribution in [0.5, 0.6) is 5.75 Å². The number of hydrogen-bond donors (Lipinski definition) is 0. The van der Waals surface area contributed by atoms with Gasteiger partial charge in [-0.15, -0.1) is 0 Å². The maximum Gasteiger partial charge on any atom is 0.248 e. The van der Waals surface area contributed by atoms with Gasteiger partial charge in [0.2, 0.25) is 10.0 Å². The molecule has 0 aromatic heterocycles. The third kappa shape index (κ3) is 3.86. The van der Waals surface area contributed by atoms with Gasteiger partial charge in [-0.3, -0.25) is 0 Å². The Morgan fingerprint density at radius 1 is 1.04 bits per heavy atom. The van der Waals surface area contributed by atoms with E-state index >= 15 is 0 Å². The molecule has 0 N–H and O–H groups in total. The fraction of sp³-hybridized carbons (Fsp3) is 0.250. The number of halogens is 2. The normalized spacial score (nSPS) is 11.7. The smallest absolute Gasteiger partial charge is 0.248 e. The maximum atomic E-state index is 13.7. The molecule has 0 aliphatic carbocycles. The summed E-state index contributed by atoms with van der Waals surface area (Å²) in [5.74, 6) is -1.55. The lowest BCUT2D eigenvalue weighted by Gasteiger charge is -2.18. The van der Waals surface area contributed by atoms with E-state index in [1.807, 2.05) is 6.92 Å².